The summed E-state index contributed by atoms with van der Waals surface area (Å²) in [7, 11) is -3.75. The van der Waals surface area contributed by atoms with E-state index in [9.17, 15) is 8.42 Å². The molecule has 0 N–H and O–H groups in total. The molecule has 0 saturated heterocycles. The molecule has 2 aliphatic carbocycles. The molecule has 0 aliphatic heterocycles. The van der Waals surface area contributed by atoms with Gasteiger partial charge in [0.05, 0.1) is 4.90 Å². The van der Waals surface area contributed by atoms with Gasteiger partial charge < -0.3 is 0 Å². The van der Waals surface area contributed by atoms with Crippen molar-refractivity contribution in [2.45, 2.75) is 69.1 Å². The number of benzene rings is 1. The largest absolute Gasteiger partial charge is 0.351 e. The van der Waals surface area contributed by atoms with Crippen LogP contribution in [0.3, 0.4) is 0 Å². The minimum absolute atomic E-state index is 0.245. The van der Waals surface area contributed by atoms with E-state index in [1.807, 2.05) is 6.92 Å². The molecule has 0 aromatic heterocycles. The monoisotopic (exact) mass is 357 g/mol. The summed E-state index contributed by atoms with van der Waals surface area (Å²) in [6.45, 7) is 13.6. The van der Waals surface area contributed by atoms with Crippen LogP contribution in [-0.4, -0.2) is 13.3 Å². The molecule has 25 heavy (non-hydrogen) atoms. The summed E-state index contributed by atoms with van der Waals surface area (Å²) in [5, 5.41) is 0. The van der Waals surface area contributed by atoms with Gasteiger partial charge >= 0.3 is 4.87 Å². The molecule has 0 heterocycles. The molecule has 1 fully saturated rings. The average molecular weight is 358 g/mol. The quantitative estimate of drug-likeness (QED) is 0.542. The maximum absolute atomic E-state index is 13.3. The first-order valence-electron chi connectivity index (χ1n) is 9.12. The van der Waals surface area contributed by atoms with Crippen LogP contribution in [0.15, 0.2) is 40.8 Å². The Morgan fingerprint density at radius 2 is 1.92 bits per heavy atom. The second-order valence-corrected chi connectivity index (χ2v) is 10.4. The Labute approximate surface area is 151 Å². The lowest BCUT2D eigenvalue weighted by molar-refractivity contribution is 0.107. The molecule has 3 nitrogen and oxygen atoms in total. The summed E-state index contributed by atoms with van der Waals surface area (Å²) in [5.74, 6) is 0.496. The zero-order valence-electron chi connectivity index (χ0n) is 15.4. The minimum Gasteiger partial charge on any atom is -0.288 e. The molecular formula is C21H27NO2S. The Hall–Kier alpha value is -1.60. The van der Waals surface area contributed by atoms with Crippen LogP contribution in [0.2, 0.25) is 0 Å². The second-order valence-electron chi connectivity index (χ2n) is 8.15. The smallest absolute Gasteiger partial charge is 0.288 e. The molecule has 3 atom stereocenters. The van der Waals surface area contributed by atoms with Crippen molar-refractivity contribution >= 4 is 9.84 Å². The van der Waals surface area contributed by atoms with E-state index in [1.165, 1.54) is 19.3 Å². The summed E-state index contributed by atoms with van der Waals surface area (Å²) in [4.78, 5) is 2.41. The van der Waals surface area contributed by atoms with Gasteiger partial charge in [0.1, 0.15) is 0 Å². The highest BCUT2D eigenvalue weighted by Crippen LogP contribution is 2.52. The van der Waals surface area contributed by atoms with Crippen LogP contribution >= 0.6 is 0 Å². The maximum atomic E-state index is 13.3. The third-order valence-electron chi connectivity index (χ3n) is 6.48. The fourth-order valence-corrected chi connectivity index (χ4v) is 6.01. The standard InChI is InChI=1S/C21H27NO2S/c1-16-8-10-19(11-9-16)25(23,24)21(3,22-4)18-12-14-20(2)13-6-5-7-17(20)15-18/h8-12,17H,5-7,13-15H2,1-3H3/t17-,20-,21?/m0/s1. The van der Waals surface area contributed by atoms with Crippen molar-refractivity contribution in [3.8, 4) is 0 Å². The van der Waals surface area contributed by atoms with Gasteiger partial charge in [0.2, 0.25) is 0 Å². The molecule has 1 aromatic carbocycles. The van der Waals surface area contributed by atoms with Crippen molar-refractivity contribution in [2.75, 3.05) is 0 Å². The maximum Gasteiger partial charge on any atom is 0.351 e. The zero-order valence-corrected chi connectivity index (χ0v) is 16.2. The van der Waals surface area contributed by atoms with E-state index >= 15 is 0 Å². The molecule has 2 aliphatic rings. The molecule has 1 unspecified atom stereocenters. The molecule has 1 saturated carbocycles. The van der Waals surface area contributed by atoms with Crippen molar-refractivity contribution < 1.29 is 8.42 Å². The third-order valence-corrected chi connectivity index (χ3v) is 8.77. The molecule has 0 amide bonds. The number of rotatable bonds is 3. The lowest BCUT2D eigenvalue weighted by atomic mass is 9.60. The minimum atomic E-state index is -3.75. The van der Waals surface area contributed by atoms with E-state index in [4.69, 9.17) is 6.57 Å². The number of allylic oxidation sites excluding steroid dienone is 1. The van der Waals surface area contributed by atoms with Gasteiger partial charge in [-0.05, 0) is 56.1 Å². The second kappa shape index (κ2) is 6.29. The first kappa shape index (κ1) is 18.2. The highest BCUT2D eigenvalue weighted by Gasteiger charge is 2.53. The third kappa shape index (κ3) is 2.93. The Bertz CT molecular complexity index is 832. The SMILES string of the molecule is [C-]#[N+]C(C)(C1=CC[C@]2(C)CCCC[C@H]2C1)S(=O)(=O)c1ccc(C)cc1. The van der Waals surface area contributed by atoms with Gasteiger partial charge in [-0.3, -0.25) is 4.85 Å². The summed E-state index contributed by atoms with van der Waals surface area (Å²) in [6, 6.07) is 6.85. The van der Waals surface area contributed by atoms with Crippen LogP contribution < -0.4 is 0 Å². The molecule has 0 radical (unpaired) electrons. The van der Waals surface area contributed by atoms with E-state index < -0.39 is 14.7 Å². The number of aryl methyl sites for hydroxylation is 1. The van der Waals surface area contributed by atoms with Gasteiger partial charge in [-0.25, -0.2) is 15.0 Å². The first-order chi connectivity index (χ1) is 11.7. The predicted octanol–water partition coefficient (Wildman–Crippen LogP) is 5.32. The van der Waals surface area contributed by atoms with Gasteiger partial charge in [0.15, 0.2) is 0 Å². The Kier molecular flexibility index (Phi) is 4.58. The van der Waals surface area contributed by atoms with Crippen LogP contribution in [0.1, 0.15) is 57.9 Å². The van der Waals surface area contributed by atoms with Crippen molar-refractivity contribution in [2.24, 2.45) is 11.3 Å². The average Bonchev–Trinajstić information content (AvgIpc) is 2.60. The number of sulfone groups is 1. The first-order valence-corrected chi connectivity index (χ1v) is 10.6. The highest BCUT2D eigenvalue weighted by atomic mass is 32.2. The van der Waals surface area contributed by atoms with Crippen molar-refractivity contribution in [1.82, 2.24) is 0 Å². The predicted molar refractivity (Wildman–Crippen MR) is 101 cm³/mol. The van der Waals surface area contributed by atoms with Crippen LogP contribution in [0.4, 0.5) is 0 Å². The number of hydrogen-bond acceptors (Lipinski definition) is 2. The number of fused-ring (bicyclic) bond motifs is 1. The topological polar surface area (TPSA) is 38.5 Å². The van der Waals surface area contributed by atoms with E-state index in [-0.39, 0.29) is 10.3 Å². The summed E-state index contributed by atoms with van der Waals surface area (Å²) in [6.07, 6.45) is 8.52. The molecule has 0 bridgehead atoms. The van der Waals surface area contributed by atoms with Gasteiger partial charge in [-0.15, -0.1) is 0 Å². The van der Waals surface area contributed by atoms with Gasteiger partial charge in [0, 0.05) is 12.5 Å². The van der Waals surface area contributed by atoms with Crippen LogP contribution in [0, 0.1) is 24.8 Å². The highest BCUT2D eigenvalue weighted by molar-refractivity contribution is 7.93. The van der Waals surface area contributed by atoms with Crippen molar-refractivity contribution in [3.63, 3.8) is 0 Å². The lowest BCUT2D eigenvalue weighted by Gasteiger charge is -2.45. The molecule has 1 aromatic rings. The molecule has 0 spiro atoms. The molecule has 4 heteroatoms. The van der Waals surface area contributed by atoms with Gasteiger partial charge in [0.25, 0.3) is 9.84 Å². The summed E-state index contributed by atoms with van der Waals surface area (Å²) < 4.78 is 26.6. The van der Waals surface area contributed by atoms with Gasteiger partial charge in [-0.1, -0.05) is 43.5 Å². The molecular weight excluding hydrogens is 330 g/mol. The fraction of sp³-hybridized carbons (Fsp3) is 0.571. The fourth-order valence-electron chi connectivity index (χ4n) is 4.42. The van der Waals surface area contributed by atoms with Crippen molar-refractivity contribution in [1.29, 1.82) is 0 Å². The Morgan fingerprint density at radius 3 is 2.56 bits per heavy atom. The van der Waals surface area contributed by atoms with Crippen LogP contribution in [-0.2, 0) is 9.84 Å². The van der Waals surface area contributed by atoms with E-state index in [1.54, 1.807) is 31.2 Å². The van der Waals surface area contributed by atoms with Crippen molar-refractivity contribution in [3.05, 3.63) is 52.9 Å². The van der Waals surface area contributed by atoms with Gasteiger partial charge in [-0.2, -0.15) is 0 Å². The van der Waals surface area contributed by atoms with E-state index in [0.717, 1.165) is 30.4 Å². The van der Waals surface area contributed by atoms with E-state index in [0.29, 0.717) is 5.92 Å². The van der Waals surface area contributed by atoms with Crippen LogP contribution in [0.5, 0.6) is 0 Å². The summed E-state index contributed by atoms with van der Waals surface area (Å²) >= 11 is 0. The molecule has 3 rings (SSSR count). The normalized spacial score (nSPS) is 29.0. The number of hydrogen-bond donors (Lipinski definition) is 0. The summed E-state index contributed by atoms with van der Waals surface area (Å²) in [5.41, 5.74) is 2.09. The number of nitrogens with zero attached hydrogens (tertiary/aromatic N) is 1. The van der Waals surface area contributed by atoms with Crippen LogP contribution in [0.25, 0.3) is 4.85 Å². The lowest BCUT2D eigenvalue weighted by Crippen LogP contribution is -2.40. The zero-order chi connectivity index (χ0) is 18.3. The Balaban J connectivity index is 2.01. The molecule has 134 valence electrons. The Morgan fingerprint density at radius 1 is 1.24 bits per heavy atom. The van der Waals surface area contributed by atoms with E-state index in [2.05, 4.69) is 17.8 Å².